The summed E-state index contributed by atoms with van der Waals surface area (Å²) in [4.78, 5) is 4.31. The average molecular weight is 262 g/mol. The van der Waals surface area contributed by atoms with Crippen molar-refractivity contribution in [3.63, 3.8) is 0 Å². The van der Waals surface area contributed by atoms with Crippen LogP contribution in [0.4, 0.5) is 5.69 Å². The molecule has 0 bridgehead atoms. The molecule has 2 aromatic rings. The zero-order valence-electron chi connectivity index (χ0n) is 10.5. The molecule has 0 aliphatic carbocycles. The number of anilines is 1. The number of aryl methyl sites for hydroxylation is 1. The molecule has 0 amide bonds. The van der Waals surface area contributed by atoms with Crippen molar-refractivity contribution in [2.45, 2.75) is 25.8 Å². The van der Waals surface area contributed by atoms with E-state index in [4.69, 9.17) is 5.11 Å². The third-order valence-corrected chi connectivity index (χ3v) is 3.43. The molecule has 0 saturated carbocycles. The highest BCUT2D eigenvalue weighted by atomic mass is 32.1. The number of aromatic nitrogens is 1. The quantitative estimate of drug-likeness (QED) is 0.840. The Kier molecular flexibility index (Phi) is 4.73. The van der Waals surface area contributed by atoms with Crippen LogP contribution in [0.2, 0.25) is 0 Å². The number of nitrogens with zero attached hydrogens (tertiary/aromatic N) is 1. The van der Waals surface area contributed by atoms with Crippen molar-refractivity contribution in [1.82, 2.24) is 4.98 Å². The van der Waals surface area contributed by atoms with E-state index in [9.17, 15) is 0 Å². The Balaban J connectivity index is 2.00. The fourth-order valence-corrected chi connectivity index (χ4v) is 2.51. The Morgan fingerprint density at radius 2 is 2.33 bits per heavy atom. The number of hydrogen-bond donors (Lipinski definition) is 2. The van der Waals surface area contributed by atoms with E-state index in [-0.39, 0.29) is 12.6 Å². The molecular weight excluding hydrogens is 244 g/mol. The van der Waals surface area contributed by atoms with Gasteiger partial charge in [0, 0.05) is 17.7 Å². The number of nitrogens with one attached hydrogen (secondary N) is 1. The van der Waals surface area contributed by atoms with Crippen LogP contribution < -0.4 is 5.32 Å². The Labute approximate surface area is 112 Å². The fourth-order valence-electron chi connectivity index (χ4n) is 1.86. The minimum Gasteiger partial charge on any atom is -0.396 e. The molecule has 1 heterocycles. The summed E-state index contributed by atoms with van der Waals surface area (Å²) in [5.74, 6) is 0. The van der Waals surface area contributed by atoms with Crippen LogP contribution in [0.5, 0.6) is 0 Å². The average Bonchev–Trinajstić information content (AvgIpc) is 2.91. The van der Waals surface area contributed by atoms with E-state index in [1.54, 1.807) is 11.3 Å². The standard InChI is InChI=1S/C14H18N2OS/c1-11(14-9-18-10-15-14)16-13-6-2-4-12(8-13)5-3-7-17/h2,4,6,8-11,16-17H,3,5,7H2,1H3. The van der Waals surface area contributed by atoms with Crippen molar-refractivity contribution in [1.29, 1.82) is 0 Å². The highest BCUT2D eigenvalue weighted by Crippen LogP contribution is 2.20. The summed E-state index contributed by atoms with van der Waals surface area (Å²) in [6.07, 6.45) is 1.72. The van der Waals surface area contributed by atoms with E-state index < -0.39 is 0 Å². The largest absolute Gasteiger partial charge is 0.396 e. The lowest BCUT2D eigenvalue weighted by molar-refractivity contribution is 0.288. The van der Waals surface area contributed by atoms with Crippen LogP contribution in [-0.4, -0.2) is 16.7 Å². The number of aliphatic hydroxyl groups is 1. The van der Waals surface area contributed by atoms with Crippen molar-refractivity contribution in [3.05, 3.63) is 46.4 Å². The van der Waals surface area contributed by atoms with Crippen LogP contribution in [0.25, 0.3) is 0 Å². The minimum atomic E-state index is 0.212. The summed E-state index contributed by atoms with van der Waals surface area (Å²) in [7, 11) is 0. The molecule has 0 spiro atoms. The van der Waals surface area contributed by atoms with Gasteiger partial charge in [-0.2, -0.15) is 0 Å². The molecule has 0 radical (unpaired) electrons. The molecule has 1 aromatic carbocycles. The monoisotopic (exact) mass is 262 g/mol. The van der Waals surface area contributed by atoms with Crippen molar-refractivity contribution in [2.24, 2.45) is 0 Å². The maximum absolute atomic E-state index is 8.84. The molecule has 3 nitrogen and oxygen atoms in total. The second-order valence-electron chi connectivity index (χ2n) is 4.31. The van der Waals surface area contributed by atoms with Gasteiger partial charge >= 0.3 is 0 Å². The van der Waals surface area contributed by atoms with Gasteiger partial charge in [0.25, 0.3) is 0 Å². The fraction of sp³-hybridized carbons (Fsp3) is 0.357. The Hall–Kier alpha value is -1.39. The maximum atomic E-state index is 8.84. The minimum absolute atomic E-state index is 0.212. The topological polar surface area (TPSA) is 45.1 Å². The molecule has 0 saturated heterocycles. The van der Waals surface area contributed by atoms with Crippen LogP contribution in [0.15, 0.2) is 35.2 Å². The van der Waals surface area contributed by atoms with Gasteiger partial charge in [0.2, 0.25) is 0 Å². The zero-order valence-corrected chi connectivity index (χ0v) is 11.3. The third-order valence-electron chi connectivity index (χ3n) is 2.83. The molecule has 2 rings (SSSR count). The molecule has 0 aliphatic heterocycles. The maximum Gasteiger partial charge on any atom is 0.0795 e. The lowest BCUT2D eigenvalue weighted by atomic mass is 10.1. The number of thiazole rings is 1. The summed E-state index contributed by atoms with van der Waals surface area (Å²) >= 11 is 1.61. The van der Waals surface area contributed by atoms with Gasteiger partial charge in [-0.1, -0.05) is 12.1 Å². The normalized spacial score (nSPS) is 12.3. The summed E-state index contributed by atoms with van der Waals surface area (Å²) in [5.41, 5.74) is 5.27. The van der Waals surface area contributed by atoms with Crippen LogP contribution in [0.1, 0.15) is 30.6 Å². The van der Waals surface area contributed by atoms with E-state index in [0.717, 1.165) is 24.2 Å². The van der Waals surface area contributed by atoms with E-state index in [1.165, 1.54) is 5.56 Å². The molecule has 18 heavy (non-hydrogen) atoms. The summed E-state index contributed by atoms with van der Waals surface area (Å²) < 4.78 is 0. The van der Waals surface area contributed by atoms with Crippen molar-refractivity contribution < 1.29 is 5.11 Å². The SMILES string of the molecule is CC(Nc1cccc(CCCO)c1)c1cscn1. The zero-order chi connectivity index (χ0) is 12.8. The van der Waals surface area contributed by atoms with Crippen molar-refractivity contribution >= 4 is 17.0 Å². The van der Waals surface area contributed by atoms with Gasteiger partial charge in [0.05, 0.1) is 17.2 Å². The molecule has 96 valence electrons. The predicted molar refractivity (Wildman–Crippen MR) is 76.0 cm³/mol. The predicted octanol–water partition coefficient (Wildman–Crippen LogP) is 3.24. The van der Waals surface area contributed by atoms with Gasteiger partial charge < -0.3 is 10.4 Å². The van der Waals surface area contributed by atoms with E-state index in [0.29, 0.717) is 0 Å². The van der Waals surface area contributed by atoms with E-state index in [1.807, 2.05) is 11.6 Å². The molecular formula is C14H18N2OS. The Bertz CT molecular complexity index is 470. The van der Waals surface area contributed by atoms with Gasteiger partial charge in [-0.05, 0) is 37.5 Å². The lowest BCUT2D eigenvalue weighted by Crippen LogP contribution is -2.07. The van der Waals surface area contributed by atoms with Gasteiger partial charge in [0.15, 0.2) is 0 Å². The number of aliphatic hydroxyl groups excluding tert-OH is 1. The highest BCUT2D eigenvalue weighted by Gasteiger charge is 2.07. The molecule has 0 aliphatic rings. The molecule has 1 unspecified atom stereocenters. The first-order chi connectivity index (χ1) is 8.79. The number of hydrogen-bond acceptors (Lipinski definition) is 4. The number of benzene rings is 1. The molecule has 1 atom stereocenters. The third kappa shape index (κ3) is 3.55. The van der Waals surface area contributed by atoms with Gasteiger partial charge in [-0.25, -0.2) is 4.98 Å². The second-order valence-corrected chi connectivity index (χ2v) is 5.03. The summed E-state index contributed by atoms with van der Waals surface area (Å²) in [6.45, 7) is 2.35. The highest BCUT2D eigenvalue weighted by molar-refractivity contribution is 7.07. The smallest absolute Gasteiger partial charge is 0.0795 e. The first-order valence-electron chi connectivity index (χ1n) is 6.14. The Morgan fingerprint density at radius 1 is 1.44 bits per heavy atom. The lowest BCUT2D eigenvalue weighted by Gasteiger charge is -2.14. The van der Waals surface area contributed by atoms with Crippen LogP contribution >= 0.6 is 11.3 Å². The van der Waals surface area contributed by atoms with Gasteiger partial charge in [0.1, 0.15) is 0 Å². The molecule has 1 aromatic heterocycles. The molecule has 4 heteroatoms. The van der Waals surface area contributed by atoms with Crippen molar-refractivity contribution in [2.75, 3.05) is 11.9 Å². The molecule has 0 fully saturated rings. The first kappa shape index (κ1) is 13.1. The number of rotatable bonds is 6. The van der Waals surface area contributed by atoms with E-state index in [2.05, 4.69) is 40.8 Å². The van der Waals surface area contributed by atoms with Crippen molar-refractivity contribution in [3.8, 4) is 0 Å². The van der Waals surface area contributed by atoms with Gasteiger partial charge in [-0.3, -0.25) is 0 Å². The van der Waals surface area contributed by atoms with Crippen LogP contribution in [0, 0.1) is 0 Å². The van der Waals surface area contributed by atoms with Gasteiger partial charge in [-0.15, -0.1) is 11.3 Å². The van der Waals surface area contributed by atoms with Crippen LogP contribution in [-0.2, 0) is 6.42 Å². The summed E-state index contributed by atoms with van der Waals surface area (Å²) in [5, 5.41) is 14.4. The first-order valence-corrected chi connectivity index (χ1v) is 7.08. The second kappa shape index (κ2) is 6.52. The summed E-state index contributed by atoms with van der Waals surface area (Å²) in [6, 6.07) is 8.55. The molecule has 2 N–H and O–H groups in total. The van der Waals surface area contributed by atoms with E-state index >= 15 is 0 Å². The van der Waals surface area contributed by atoms with Crippen LogP contribution in [0.3, 0.4) is 0 Å². The Morgan fingerprint density at radius 3 is 3.06 bits per heavy atom.